The van der Waals surface area contributed by atoms with E-state index in [2.05, 4.69) is 57.2 Å². The Morgan fingerprint density at radius 3 is 1.91 bits per heavy atom. The normalized spacial score (nSPS) is 11.2. The molecular weight excluding hydrogens is 633 g/mol. The van der Waals surface area contributed by atoms with E-state index in [1.807, 2.05) is 6.07 Å². The van der Waals surface area contributed by atoms with Crippen LogP contribution in [0.5, 0.6) is 0 Å². The van der Waals surface area contributed by atoms with Crippen molar-refractivity contribution in [2.45, 2.75) is 6.42 Å². The number of hydrogen-bond acceptors (Lipinski definition) is 5. The van der Waals surface area contributed by atoms with E-state index in [1.165, 1.54) is 0 Å². The Kier molecular flexibility index (Phi) is 14.7. The standard InChI is InChI=1S/C30H39N11O3.2ClH/c1-31-29(32-2)37-11-5-10-35-26(42)19-7-9-22-20(14-19)16-25(40-22)28(44)39-21-8-6-18-15-24(41-23(18)17-21)27(43)36-12-13-38-30(33-3)34-4;;/h6-9,14-17,40-41H,5,10-13H2,1-4H3,(H,35,42)(H,36,43)(H,39,44)(H2,31,32,37)(H2,33,34,38);2*1H. The molecule has 14 nitrogen and oxygen atoms in total. The average Bonchev–Trinajstić information content (AvgIpc) is 3.67. The van der Waals surface area contributed by atoms with E-state index in [-0.39, 0.29) is 42.5 Å². The van der Waals surface area contributed by atoms with Gasteiger partial charge in [-0.25, -0.2) is 0 Å². The highest BCUT2D eigenvalue weighted by Crippen LogP contribution is 2.22. The van der Waals surface area contributed by atoms with Crippen LogP contribution in [0.1, 0.15) is 37.8 Å². The molecule has 0 bridgehead atoms. The number of nitrogens with one attached hydrogen (secondary N) is 9. The summed E-state index contributed by atoms with van der Waals surface area (Å²) >= 11 is 0. The quantitative estimate of drug-likeness (QED) is 0.0662. The molecule has 0 unspecified atom stereocenters. The Labute approximate surface area is 279 Å². The third kappa shape index (κ3) is 9.78. The monoisotopic (exact) mass is 673 g/mol. The van der Waals surface area contributed by atoms with Crippen molar-refractivity contribution in [2.75, 3.05) is 59.7 Å². The molecule has 4 rings (SSSR count). The summed E-state index contributed by atoms with van der Waals surface area (Å²) in [5, 5.41) is 22.3. The first-order valence-electron chi connectivity index (χ1n) is 14.2. The summed E-state index contributed by atoms with van der Waals surface area (Å²) in [5.74, 6) is 0.585. The van der Waals surface area contributed by atoms with E-state index in [0.29, 0.717) is 66.3 Å². The molecule has 0 fully saturated rings. The van der Waals surface area contributed by atoms with Crippen LogP contribution in [0.2, 0.25) is 0 Å². The van der Waals surface area contributed by atoms with Crippen LogP contribution >= 0.6 is 24.8 Å². The van der Waals surface area contributed by atoms with Crippen LogP contribution in [0.15, 0.2) is 58.5 Å². The van der Waals surface area contributed by atoms with Crippen molar-refractivity contribution in [3.05, 3.63) is 65.5 Å². The average molecular weight is 675 g/mol. The Morgan fingerprint density at radius 2 is 1.22 bits per heavy atom. The number of hydrogen-bond donors (Lipinski definition) is 9. The summed E-state index contributed by atoms with van der Waals surface area (Å²) in [4.78, 5) is 52.6. The van der Waals surface area contributed by atoms with Crippen LogP contribution in [0, 0.1) is 0 Å². The van der Waals surface area contributed by atoms with Gasteiger partial charge in [-0.2, -0.15) is 0 Å². The molecule has 2 heterocycles. The fourth-order valence-electron chi connectivity index (χ4n) is 4.53. The van der Waals surface area contributed by atoms with Crippen molar-refractivity contribution < 1.29 is 14.4 Å². The number of amides is 3. The van der Waals surface area contributed by atoms with Crippen LogP contribution in [0.3, 0.4) is 0 Å². The van der Waals surface area contributed by atoms with Crippen LogP contribution in [0.25, 0.3) is 21.8 Å². The summed E-state index contributed by atoms with van der Waals surface area (Å²) in [6.45, 7) is 2.11. The summed E-state index contributed by atoms with van der Waals surface area (Å²) in [6, 6.07) is 14.1. The van der Waals surface area contributed by atoms with Gasteiger partial charge in [0.15, 0.2) is 11.9 Å². The highest BCUT2D eigenvalue weighted by Gasteiger charge is 2.14. The second-order valence-corrected chi connectivity index (χ2v) is 9.79. The van der Waals surface area contributed by atoms with Gasteiger partial charge in [0.1, 0.15) is 11.4 Å². The number of carbonyl (C=O) groups excluding carboxylic acids is 3. The summed E-state index contributed by atoms with van der Waals surface area (Å²) in [6.07, 6.45) is 0.733. The van der Waals surface area contributed by atoms with Crippen LogP contribution < -0.4 is 37.2 Å². The number of aliphatic imine (C=N–C) groups is 2. The van der Waals surface area contributed by atoms with E-state index in [1.54, 1.807) is 70.7 Å². The van der Waals surface area contributed by atoms with Gasteiger partial charge in [-0.3, -0.25) is 24.4 Å². The van der Waals surface area contributed by atoms with Crippen molar-refractivity contribution >= 4 is 81.9 Å². The molecule has 3 amide bonds. The first kappa shape index (κ1) is 37.2. The lowest BCUT2D eigenvalue weighted by atomic mass is 10.1. The topological polar surface area (TPSA) is 192 Å². The molecule has 2 aromatic heterocycles. The number of halogens is 2. The highest BCUT2D eigenvalue weighted by molar-refractivity contribution is 6.08. The fourth-order valence-corrected chi connectivity index (χ4v) is 4.53. The first-order chi connectivity index (χ1) is 21.3. The van der Waals surface area contributed by atoms with Gasteiger partial charge in [-0.15, -0.1) is 24.8 Å². The second-order valence-electron chi connectivity index (χ2n) is 9.79. The van der Waals surface area contributed by atoms with Gasteiger partial charge in [0.05, 0.1) is 0 Å². The lowest BCUT2D eigenvalue weighted by molar-refractivity contribution is 0.0943. The van der Waals surface area contributed by atoms with Gasteiger partial charge in [0.25, 0.3) is 17.7 Å². The third-order valence-corrected chi connectivity index (χ3v) is 6.81. The maximum Gasteiger partial charge on any atom is 0.272 e. The van der Waals surface area contributed by atoms with Gasteiger partial charge in [-0.1, -0.05) is 6.07 Å². The molecule has 0 aliphatic carbocycles. The molecule has 9 N–H and O–H groups in total. The second kappa shape index (κ2) is 18.1. The molecular formula is C30H41Cl2N11O3. The number of H-pyrrole nitrogens is 2. The lowest BCUT2D eigenvalue weighted by Crippen LogP contribution is -2.40. The molecule has 248 valence electrons. The molecule has 0 radical (unpaired) electrons. The van der Waals surface area contributed by atoms with Crippen LogP contribution in [0.4, 0.5) is 5.69 Å². The fraction of sp³-hybridized carbons (Fsp3) is 0.300. The number of aromatic amines is 2. The minimum atomic E-state index is -0.329. The maximum absolute atomic E-state index is 13.1. The summed E-state index contributed by atoms with van der Waals surface area (Å²) < 4.78 is 0. The van der Waals surface area contributed by atoms with Gasteiger partial charge < -0.3 is 47.2 Å². The predicted molar refractivity (Wildman–Crippen MR) is 189 cm³/mol. The molecule has 0 saturated carbocycles. The SMILES string of the molecule is CN=C(NC)NCCCNC(=O)c1ccc2[nH]c(C(=O)Nc3ccc4cc(C(=O)NCCNC(=NC)NC)[nH]c4c3)cc2c1.Cl.Cl. The molecule has 0 aliphatic heterocycles. The number of fused-ring (bicyclic) bond motifs is 2. The third-order valence-electron chi connectivity index (χ3n) is 6.81. The molecule has 0 aliphatic rings. The van der Waals surface area contributed by atoms with Crippen molar-refractivity contribution in [2.24, 2.45) is 9.98 Å². The van der Waals surface area contributed by atoms with Crippen molar-refractivity contribution in [3.8, 4) is 0 Å². The Hall–Kier alpha value is -4.95. The van der Waals surface area contributed by atoms with Crippen molar-refractivity contribution in [1.29, 1.82) is 0 Å². The molecule has 2 aromatic carbocycles. The number of nitrogens with zero attached hydrogens (tertiary/aromatic N) is 2. The van der Waals surface area contributed by atoms with E-state index >= 15 is 0 Å². The van der Waals surface area contributed by atoms with Crippen molar-refractivity contribution in [3.63, 3.8) is 0 Å². The molecule has 0 spiro atoms. The van der Waals surface area contributed by atoms with E-state index in [9.17, 15) is 14.4 Å². The molecule has 0 saturated heterocycles. The van der Waals surface area contributed by atoms with Gasteiger partial charge >= 0.3 is 0 Å². The summed E-state index contributed by atoms with van der Waals surface area (Å²) in [5.41, 5.74) is 3.31. The first-order valence-corrected chi connectivity index (χ1v) is 14.2. The smallest absolute Gasteiger partial charge is 0.272 e. The number of benzene rings is 2. The minimum Gasteiger partial charge on any atom is -0.359 e. The highest BCUT2D eigenvalue weighted by atomic mass is 35.5. The molecule has 46 heavy (non-hydrogen) atoms. The zero-order valence-electron chi connectivity index (χ0n) is 26.1. The number of guanidine groups is 2. The Morgan fingerprint density at radius 1 is 0.630 bits per heavy atom. The predicted octanol–water partition coefficient (Wildman–Crippen LogP) is 2.18. The van der Waals surface area contributed by atoms with E-state index in [0.717, 1.165) is 22.7 Å². The maximum atomic E-state index is 13.1. The molecule has 0 atom stereocenters. The Balaban J connectivity index is 0.00000368. The van der Waals surface area contributed by atoms with Crippen LogP contribution in [-0.2, 0) is 0 Å². The van der Waals surface area contributed by atoms with Crippen LogP contribution in [-0.4, -0.2) is 94.0 Å². The zero-order chi connectivity index (χ0) is 31.5. The number of anilines is 1. The van der Waals surface area contributed by atoms with Crippen molar-refractivity contribution in [1.82, 2.24) is 41.9 Å². The Bertz CT molecular complexity index is 1700. The number of carbonyl (C=O) groups is 3. The number of aromatic nitrogens is 2. The largest absolute Gasteiger partial charge is 0.359 e. The lowest BCUT2D eigenvalue weighted by Gasteiger charge is -2.09. The van der Waals surface area contributed by atoms with Gasteiger partial charge in [0, 0.05) is 87.4 Å². The van der Waals surface area contributed by atoms with Gasteiger partial charge in [-0.05, 0) is 48.9 Å². The zero-order valence-corrected chi connectivity index (χ0v) is 27.7. The minimum absolute atomic E-state index is 0. The summed E-state index contributed by atoms with van der Waals surface area (Å²) in [7, 11) is 6.92. The van der Waals surface area contributed by atoms with Gasteiger partial charge in [0.2, 0.25) is 0 Å². The number of rotatable bonds is 11. The van der Waals surface area contributed by atoms with E-state index < -0.39 is 0 Å². The van der Waals surface area contributed by atoms with E-state index in [4.69, 9.17) is 0 Å². The molecule has 16 heteroatoms. The molecule has 4 aromatic rings.